The molecule has 0 aliphatic rings. The lowest BCUT2D eigenvalue weighted by atomic mass is 10.2. The second-order valence-corrected chi connectivity index (χ2v) is 5.94. The maximum atomic E-state index is 5.72. The Balaban J connectivity index is 1.49. The van der Waals surface area contributed by atoms with Gasteiger partial charge >= 0.3 is 0 Å². The second kappa shape index (κ2) is 7.29. The van der Waals surface area contributed by atoms with Gasteiger partial charge in [0.15, 0.2) is 0 Å². The average molecular weight is 309 g/mol. The summed E-state index contributed by atoms with van der Waals surface area (Å²) >= 11 is 0. The van der Waals surface area contributed by atoms with E-state index in [0.717, 1.165) is 42.1 Å². The highest BCUT2D eigenvalue weighted by atomic mass is 16.5. The summed E-state index contributed by atoms with van der Waals surface area (Å²) in [5, 5.41) is 3.46. The number of aromatic nitrogens is 2. The third-order valence-electron chi connectivity index (χ3n) is 3.58. The average Bonchev–Trinajstić information content (AvgIpc) is 2.94. The summed E-state index contributed by atoms with van der Waals surface area (Å²) in [4.78, 5) is 7.94. The van der Waals surface area contributed by atoms with Crippen molar-refractivity contribution in [3.63, 3.8) is 0 Å². The molecule has 1 aromatic heterocycles. The fraction of sp³-hybridized carbons (Fsp3) is 0.316. The Morgan fingerprint density at radius 3 is 2.83 bits per heavy atom. The standard InChI is InChI=1S/C19H23N3O/c1-14(2)23-16-7-5-6-15(12-16)13-20-11-10-19-21-17-8-3-4-9-18(17)22-19/h3-9,12,14,20H,10-11,13H2,1-2H3,(H,21,22). The molecule has 0 atom stereocenters. The Labute approximate surface area is 136 Å². The van der Waals surface area contributed by atoms with Crippen molar-refractivity contribution in [2.75, 3.05) is 6.54 Å². The second-order valence-electron chi connectivity index (χ2n) is 5.94. The summed E-state index contributed by atoms with van der Waals surface area (Å²) < 4.78 is 5.72. The molecule has 4 nitrogen and oxygen atoms in total. The van der Waals surface area contributed by atoms with Gasteiger partial charge < -0.3 is 15.0 Å². The van der Waals surface area contributed by atoms with Crippen LogP contribution in [0, 0.1) is 0 Å². The normalized spacial score (nSPS) is 11.3. The lowest BCUT2D eigenvalue weighted by Crippen LogP contribution is -2.17. The van der Waals surface area contributed by atoms with E-state index < -0.39 is 0 Å². The van der Waals surface area contributed by atoms with E-state index in [0.29, 0.717) is 0 Å². The Kier molecular flexibility index (Phi) is 4.93. The van der Waals surface area contributed by atoms with E-state index >= 15 is 0 Å². The summed E-state index contributed by atoms with van der Waals surface area (Å²) in [6, 6.07) is 16.4. The highest BCUT2D eigenvalue weighted by Crippen LogP contribution is 2.15. The van der Waals surface area contributed by atoms with Crippen molar-refractivity contribution in [2.24, 2.45) is 0 Å². The van der Waals surface area contributed by atoms with Crippen LogP contribution in [0.5, 0.6) is 5.75 Å². The van der Waals surface area contributed by atoms with E-state index in [1.165, 1.54) is 5.56 Å². The first-order valence-electron chi connectivity index (χ1n) is 8.10. The number of H-pyrrole nitrogens is 1. The van der Waals surface area contributed by atoms with E-state index in [2.05, 4.69) is 33.5 Å². The monoisotopic (exact) mass is 309 g/mol. The molecular formula is C19H23N3O. The van der Waals surface area contributed by atoms with Crippen molar-refractivity contribution in [2.45, 2.75) is 32.9 Å². The molecule has 0 aliphatic carbocycles. The van der Waals surface area contributed by atoms with Crippen LogP contribution in [-0.2, 0) is 13.0 Å². The molecule has 0 bridgehead atoms. The minimum atomic E-state index is 0.200. The Bertz CT molecular complexity index is 731. The molecule has 120 valence electrons. The maximum absolute atomic E-state index is 5.72. The minimum Gasteiger partial charge on any atom is -0.491 e. The molecule has 3 rings (SSSR count). The van der Waals surface area contributed by atoms with Crippen LogP contribution in [0.15, 0.2) is 48.5 Å². The predicted octanol–water partition coefficient (Wildman–Crippen LogP) is 3.68. The summed E-state index contributed by atoms with van der Waals surface area (Å²) in [5.41, 5.74) is 3.36. The van der Waals surface area contributed by atoms with Gasteiger partial charge in [0.05, 0.1) is 17.1 Å². The SMILES string of the molecule is CC(C)Oc1cccc(CNCCc2nc3ccccc3[nH]2)c1. The predicted molar refractivity (Wildman–Crippen MR) is 93.7 cm³/mol. The van der Waals surface area contributed by atoms with Crippen molar-refractivity contribution < 1.29 is 4.74 Å². The van der Waals surface area contributed by atoms with Gasteiger partial charge in [-0.25, -0.2) is 4.98 Å². The first kappa shape index (κ1) is 15.6. The van der Waals surface area contributed by atoms with Gasteiger partial charge in [0, 0.05) is 19.5 Å². The molecule has 0 saturated heterocycles. The van der Waals surface area contributed by atoms with Crippen LogP contribution in [0.1, 0.15) is 25.2 Å². The third kappa shape index (κ3) is 4.33. The Morgan fingerprint density at radius 1 is 1.13 bits per heavy atom. The van der Waals surface area contributed by atoms with Gasteiger partial charge in [0.2, 0.25) is 0 Å². The molecule has 3 aromatic rings. The van der Waals surface area contributed by atoms with Gasteiger partial charge in [-0.1, -0.05) is 24.3 Å². The van der Waals surface area contributed by atoms with E-state index in [-0.39, 0.29) is 6.10 Å². The van der Waals surface area contributed by atoms with E-state index in [1.807, 2.05) is 44.2 Å². The lowest BCUT2D eigenvalue weighted by Gasteiger charge is -2.11. The zero-order valence-corrected chi connectivity index (χ0v) is 13.7. The van der Waals surface area contributed by atoms with Crippen LogP contribution in [-0.4, -0.2) is 22.6 Å². The number of nitrogens with zero attached hydrogens (tertiary/aromatic N) is 1. The molecule has 1 heterocycles. The zero-order valence-electron chi connectivity index (χ0n) is 13.7. The Morgan fingerprint density at radius 2 is 2.00 bits per heavy atom. The molecule has 4 heteroatoms. The number of hydrogen-bond donors (Lipinski definition) is 2. The highest BCUT2D eigenvalue weighted by molar-refractivity contribution is 5.74. The van der Waals surface area contributed by atoms with E-state index in [4.69, 9.17) is 4.74 Å². The van der Waals surface area contributed by atoms with Crippen molar-refractivity contribution in [1.29, 1.82) is 0 Å². The quantitative estimate of drug-likeness (QED) is 0.655. The number of imidazole rings is 1. The largest absolute Gasteiger partial charge is 0.491 e. The fourth-order valence-electron chi connectivity index (χ4n) is 2.56. The van der Waals surface area contributed by atoms with Crippen LogP contribution in [0.2, 0.25) is 0 Å². The van der Waals surface area contributed by atoms with Crippen molar-refractivity contribution >= 4 is 11.0 Å². The van der Waals surface area contributed by atoms with Crippen LogP contribution in [0.4, 0.5) is 0 Å². The smallest absolute Gasteiger partial charge is 0.120 e. The van der Waals surface area contributed by atoms with Gasteiger partial charge in [0.25, 0.3) is 0 Å². The molecule has 0 amide bonds. The number of fused-ring (bicyclic) bond motifs is 1. The molecule has 0 aliphatic heterocycles. The molecule has 0 spiro atoms. The van der Waals surface area contributed by atoms with Crippen LogP contribution >= 0.6 is 0 Å². The van der Waals surface area contributed by atoms with Crippen molar-refractivity contribution in [3.05, 3.63) is 59.9 Å². The number of hydrogen-bond acceptors (Lipinski definition) is 3. The summed E-state index contributed by atoms with van der Waals surface area (Å²) in [5.74, 6) is 1.95. The molecule has 0 saturated carbocycles. The van der Waals surface area contributed by atoms with Gasteiger partial charge in [-0.15, -0.1) is 0 Å². The molecule has 0 unspecified atom stereocenters. The maximum Gasteiger partial charge on any atom is 0.120 e. The van der Waals surface area contributed by atoms with Gasteiger partial charge in [-0.3, -0.25) is 0 Å². The van der Waals surface area contributed by atoms with Crippen molar-refractivity contribution in [3.8, 4) is 5.75 Å². The molecule has 2 aromatic carbocycles. The zero-order chi connectivity index (χ0) is 16.1. The van der Waals surface area contributed by atoms with Crippen molar-refractivity contribution in [1.82, 2.24) is 15.3 Å². The minimum absolute atomic E-state index is 0.200. The topological polar surface area (TPSA) is 49.9 Å². The summed E-state index contributed by atoms with van der Waals surface area (Å²) in [7, 11) is 0. The van der Waals surface area contributed by atoms with Crippen LogP contribution in [0.25, 0.3) is 11.0 Å². The number of rotatable bonds is 7. The first-order valence-corrected chi connectivity index (χ1v) is 8.10. The molecule has 0 radical (unpaired) electrons. The molecular weight excluding hydrogens is 286 g/mol. The number of aromatic amines is 1. The first-order chi connectivity index (χ1) is 11.2. The molecule has 2 N–H and O–H groups in total. The fourth-order valence-corrected chi connectivity index (χ4v) is 2.56. The number of ether oxygens (including phenoxy) is 1. The van der Waals surface area contributed by atoms with E-state index in [1.54, 1.807) is 0 Å². The van der Waals surface area contributed by atoms with Crippen LogP contribution in [0.3, 0.4) is 0 Å². The molecule has 0 fully saturated rings. The summed E-state index contributed by atoms with van der Waals surface area (Å²) in [6.07, 6.45) is 1.09. The van der Waals surface area contributed by atoms with Crippen LogP contribution < -0.4 is 10.1 Å². The van der Waals surface area contributed by atoms with Gasteiger partial charge in [0.1, 0.15) is 11.6 Å². The lowest BCUT2D eigenvalue weighted by molar-refractivity contribution is 0.242. The highest BCUT2D eigenvalue weighted by Gasteiger charge is 2.02. The van der Waals surface area contributed by atoms with Gasteiger partial charge in [-0.05, 0) is 43.7 Å². The number of nitrogens with one attached hydrogen (secondary N) is 2. The van der Waals surface area contributed by atoms with Gasteiger partial charge in [-0.2, -0.15) is 0 Å². The van der Waals surface area contributed by atoms with E-state index in [9.17, 15) is 0 Å². The number of benzene rings is 2. The third-order valence-corrected chi connectivity index (χ3v) is 3.58. The summed E-state index contributed by atoms with van der Waals surface area (Å²) in [6.45, 7) is 5.79. The molecule has 23 heavy (non-hydrogen) atoms. The number of para-hydroxylation sites is 2. The Hall–Kier alpha value is -2.33.